The number of hydrogen-bond acceptors (Lipinski definition) is 3. The molecule has 0 radical (unpaired) electrons. The highest BCUT2D eigenvalue weighted by Gasteiger charge is 2.20. The molecule has 21 heavy (non-hydrogen) atoms. The Bertz CT molecular complexity index is 667. The number of carbonyl (C=O) groups excluding carboxylic acids is 1. The number of likely N-dealkylation sites (N-methyl/N-ethyl adjacent to an activating group) is 1. The van der Waals surface area contributed by atoms with Gasteiger partial charge in [0.25, 0.3) is 0 Å². The summed E-state index contributed by atoms with van der Waals surface area (Å²) in [6.45, 7) is 0.876. The maximum Gasteiger partial charge on any atom is 0.228 e. The molecule has 2 aromatic carbocycles. The van der Waals surface area contributed by atoms with E-state index in [4.69, 9.17) is 5.73 Å². The van der Waals surface area contributed by atoms with Crippen molar-refractivity contribution in [2.45, 2.75) is 12.8 Å². The van der Waals surface area contributed by atoms with Crippen LogP contribution >= 0.6 is 0 Å². The van der Waals surface area contributed by atoms with Crippen LogP contribution in [0, 0.1) is 0 Å². The Balaban J connectivity index is 1.74. The van der Waals surface area contributed by atoms with Crippen LogP contribution in [0.2, 0.25) is 0 Å². The molecule has 0 fully saturated rings. The van der Waals surface area contributed by atoms with Gasteiger partial charge in [-0.2, -0.15) is 0 Å². The van der Waals surface area contributed by atoms with Gasteiger partial charge in [0.1, 0.15) is 0 Å². The molecule has 0 unspecified atom stereocenters. The lowest BCUT2D eigenvalue weighted by Gasteiger charge is -2.22. The van der Waals surface area contributed by atoms with E-state index in [1.165, 1.54) is 5.56 Å². The minimum absolute atomic E-state index is 0.0356. The average molecular weight is 281 g/mol. The normalized spacial score (nSPS) is 12.9. The second-order valence-corrected chi connectivity index (χ2v) is 5.45. The molecule has 0 saturated heterocycles. The fourth-order valence-corrected chi connectivity index (χ4v) is 2.67. The number of carbonyl (C=O) groups is 1. The monoisotopic (exact) mass is 281 g/mol. The number of anilines is 3. The molecular formula is C17H19N3O. The zero-order chi connectivity index (χ0) is 14.8. The number of hydrogen-bond donors (Lipinski definition) is 2. The van der Waals surface area contributed by atoms with Gasteiger partial charge < -0.3 is 16.0 Å². The first-order valence-electron chi connectivity index (χ1n) is 7.11. The number of nitrogens with zero attached hydrogens (tertiary/aromatic N) is 1. The first-order chi connectivity index (χ1) is 10.1. The average Bonchev–Trinajstić information content (AvgIpc) is 2.84. The van der Waals surface area contributed by atoms with Crippen molar-refractivity contribution in [2.75, 3.05) is 29.5 Å². The van der Waals surface area contributed by atoms with E-state index in [1.54, 1.807) is 0 Å². The Morgan fingerprint density at radius 3 is 2.76 bits per heavy atom. The summed E-state index contributed by atoms with van der Waals surface area (Å²) >= 11 is 0. The number of rotatable bonds is 4. The van der Waals surface area contributed by atoms with Gasteiger partial charge >= 0.3 is 0 Å². The van der Waals surface area contributed by atoms with Crippen molar-refractivity contribution in [1.82, 2.24) is 0 Å². The third-order valence-corrected chi connectivity index (χ3v) is 3.87. The van der Waals surface area contributed by atoms with E-state index in [9.17, 15) is 4.79 Å². The summed E-state index contributed by atoms with van der Waals surface area (Å²) in [4.78, 5) is 13.6. The Labute approximate surface area is 124 Å². The summed E-state index contributed by atoms with van der Waals surface area (Å²) in [5, 5.41) is 2.87. The molecule has 1 aliphatic heterocycles. The van der Waals surface area contributed by atoms with E-state index in [1.807, 2.05) is 25.2 Å². The highest BCUT2D eigenvalue weighted by atomic mass is 16.1. The number of benzene rings is 2. The van der Waals surface area contributed by atoms with Gasteiger partial charge in [-0.15, -0.1) is 0 Å². The van der Waals surface area contributed by atoms with Crippen LogP contribution in [0.15, 0.2) is 42.5 Å². The maximum atomic E-state index is 11.4. The quantitative estimate of drug-likeness (QED) is 0.846. The second-order valence-electron chi connectivity index (χ2n) is 5.45. The summed E-state index contributed by atoms with van der Waals surface area (Å²) in [7, 11) is 2.03. The third-order valence-electron chi connectivity index (χ3n) is 3.87. The van der Waals surface area contributed by atoms with Crippen molar-refractivity contribution in [3.8, 4) is 0 Å². The summed E-state index contributed by atoms with van der Waals surface area (Å²) in [5.74, 6) is 0.0356. The maximum absolute atomic E-state index is 11.4. The van der Waals surface area contributed by atoms with Gasteiger partial charge in [0.15, 0.2) is 0 Å². The third kappa shape index (κ3) is 2.84. The molecule has 1 heterocycles. The summed E-state index contributed by atoms with van der Waals surface area (Å²) in [6.07, 6.45) is 1.38. The molecule has 1 amide bonds. The lowest BCUT2D eigenvalue weighted by Crippen LogP contribution is -2.21. The lowest BCUT2D eigenvalue weighted by atomic mass is 10.1. The molecule has 3 rings (SSSR count). The van der Waals surface area contributed by atoms with Gasteiger partial charge in [0, 0.05) is 19.3 Å². The first kappa shape index (κ1) is 13.5. The number of nitrogens with one attached hydrogen (secondary N) is 1. The van der Waals surface area contributed by atoms with E-state index in [2.05, 4.69) is 34.5 Å². The molecule has 0 saturated carbocycles. The van der Waals surface area contributed by atoms with Crippen LogP contribution in [0.5, 0.6) is 0 Å². The highest BCUT2D eigenvalue weighted by molar-refractivity contribution is 6.00. The Morgan fingerprint density at radius 1 is 1.24 bits per heavy atom. The fraction of sp³-hybridized carbons (Fsp3) is 0.235. The predicted molar refractivity (Wildman–Crippen MR) is 86.6 cm³/mol. The van der Waals surface area contributed by atoms with Gasteiger partial charge in [-0.25, -0.2) is 0 Å². The highest BCUT2D eigenvalue weighted by Crippen LogP contribution is 2.33. The standard InChI is InChI=1S/C17H19N3O/c1-20(8-7-12-5-3-2-4-6-12)16-11-15-13(9-14(16)18)10-17(21)19-15/h2-6,9,11H,7-8,10,18H2,1H3,(H,19,21). The Hall–Kier alpha value is -2.49. The van der Waals surface area contributed by atoms with Gasteiger partial charge in [0.2, 0.25) is 5.91 Å². The van der Waals surface area contributed by atoms with Crippen LogP contribution in [0.1, 0.15) is 11.1 Å². The van der Waals surface area contributed by atoms with Crippen molar-refractivity contribution >= 4 is 23.0 Å². The summed E-state index contributed by atoms with van der Waals surface area (Å²) in [5.41, 5.74) is 11.0. The molecule has 3 N–H and O–H groups in total. The number of nitrogens with two attached hydrogens (primary N) is 1. The van der Waals surface area contributed by atoms with Crippen molar-refractivity contribution < 1.29 is 4.79 Å². The molecular weight excluding hydrogens is 262 g/mol. The first-order valence-corrected chi connectivity index (χ1v) is 7.11. The topological polar surface area (TPSA) is 58.4 Å². The van der Waals surface area contributed by atoms with E-state index in [0.717, 1.165) is 35.6 Å². The molecule has 108 valence electrons. The van der Waals surface area contributed by atoms with E-state index in [0.29, 0.717) is 6.42 Å². The summed E-state index contributed by atoms with van der Waals surface area (Å²) in [6, 6.07) is 14.2. The zero-order valence-corrected chi connectivity index (χ0v) is 12.1. The number of nitrogen functional groups attached to an aromatic ring is 1. The van der Waals surface area contributed by atoms with Crippen LogP contribution < -0.4 is 16.0 Å². The SMILES string of the molecule is CN(CCc1ccccc1)c1cc2c(cc1N)CC(=O)N2. The molecule has 4 nitrogen and oxygen atoms in total. The van der Waals surface area contributed by atoms with Crippen LogP contribution in [0.3, 0.4) is 0 Å². The van der Waals surface area contributed by atoms with Gasteiger partial charge in [-0.1, -0.05) is 30.3 Å². The van der Waals surface area contributed by atoms with E-state index < -0.39 is 0 Å². The van der Waals surface area contributed by atoms with E-state index in [-0.39, 0.29) is 5.91 Å². The number of amides is 1. The van der Waals surface area contributed by atoms with Crippen molar-refractivity contribution in [1.29, 1.82) is 0 Å². The van der Waals surface area contributed by atoms with Crippen LogP contribution in [0.4, 0.5) is 17.1 Å². The van der Waals surface area contributed by atoms with Gasteiger partial charge in [-0.05, 0) is 29.7 Å². The summed E-state index contributed by atoms with van der Waals surface area (Å²) < 4.78 is 0. The minimum atomic E-state index is 0.0356. The van der Waals surface area contributed by atoms with Gasteiger partial charge in [-0.3, -0.25) is 4.79 Å². The lowest BCUT2D eigenvalue weighted by molar-refractivity contribution is -0.115. The molecule has 0 atom stereocenters. The minimum Gasteiger partial charge on any atom is -0.397 e. The predicted octanol–water partition coefficient (Wildman–Crippen LogP) is 2.44. The molecule has 0 aliphatic carbocycles. The molecule has 0 aromatic heterocycles. The molecule has 2 aromatic rings. The molecule has 1 aliphatic rings. The van der Waals surface area contributed by atoms with Crippen LogP contribution in [-0.2, 0) is 17.6 Å². The van der Waals surface area contributed by atoms with Crippen molar-refractivity contribution in [3.63, 3.8) is 0 Å². The van der Waals surface area contributed by atoms with Crippen molar-refractivity contribution in [2.24, 2.45) is 0 Å². The molecule has 0 spiro atoms. The Kier molecular flexibility index (Phi) is 3.52. The zero-order valence-electron chi connectivity index (χ0n) is 12.1. The number of fused-ring (bicyclic) bond motifs is 1. The second kappa shape index (κ2) is 5.48. The van der Waals surface area contributed by atoms with Crippen LogP contribution in [0.25, 0.3) is 0 Å². The fourth-order valence-electron chi connectivity index (χ4n) is 2.67. The largest absolute Gasteiger partial charge is 0.397 e. The van der Waals surface area contributed by atoms with E-state index >= 15 is 0 Å². The smallest absolute Gasteiger partial charge is 0.228 e. The van der Waals surface area contributed by atoms with Gasteiger partial charge in [0.05, 0.1) is 17.8 Å². The molecule has 4 heteroatoms. The molecule has 0 bridgehead atoms. The Morgan fingerprint density at radius 2 is 2.00 bits per heavy atom. The van der Waals surface area contributed by atoms with Crippen LogP contribution in [-0.4, -0.2) is 19.5 Å². The van der Waals surface area contributed by atoms with Crippen molar-refractivity contribution in [3.05, 3.63) is 53.6 Å².